The van der Waals surface area contributed by atoms with Gasteiger partial charge in [-0.25, -0.2) is 14.6 Å². The van der Waals surface area contributed by atoms with Crippen LogP contribution in [0.25, 0.3) is 0 Å². The van der Waals surface area contributed by atoms with Gasteiger partial charge < -0.3 is 10.2 Å². The monoisotopic (exact) mass is 315 g/mol. The normalized spacial score (nSPS) is 16.4. The second kappa shape index (κ2) is 6.93. The molecule has 1 N–H and O–H groups in total. The lowest BCUT2D eigenvalue weighted by Crippen LogP contribution is -2.31. The predicted octanol–water partition coefficient (Wildman–Crippen LogP) is 2.56. The van der Waals surface area contributed by atoms with Gasteiger partial charge in [-0.2, -0.15) is 10.1 Å². The molecule has 1 aliphatic heterocycles. The lowest BCUT2D eigenvalue weighted by Gasteiger charge is -2.27. The summed E-state index contributed by atoms with van der Waals surface area (Å²) in [5.74, 6) is 2.59. The number of anilines is 2. The number of hydrogen-bond donors (Lipinski definition) is 1. The number of aryl methyl sites for hydroxylation is 2. The molecule has 0 radical (unpaired) electrons. The fourth-order valence-electron chi connectivity index (χ4n) is 3.00. The van der Waals surface area contributed by atoms with Crippen molar-refractivity contribution in [3.8, 4) is 0 Å². The van der Waals surface area contributed by atoms with Gasteiger partial charge in [0.1, 0.15) is 18.0 Å². The maximum Gasteiger partial charge on any atom is 0.227 e. The van der Waals surface area contributed by atoms with Gasteiger partial charge in [0.2, 0.25) is 5.95 Å². The molecule has 3 heterocycles. The molecule has 2 aromatic rings. The predicted molar refractivity (Wildman–Crippen MR) is 90.6 cm³/mol. The molecule has 3 rings (SSSR count). The molecule has 0 aliphatic carbocycles. The lowest BCUT2D eigenvalue weighted by atomic mass is 10.1. The van der Waals surface area contributed by atoms with E-state index in [1.165, 1.54) is 19.3 Å². The number of hydrogen-bond acceptors (Lipinski definition) is 6. The van der Waals surface area contributed by atoms with Gasteiger partial charge in [-0.3, -0.25) is 0 Å². The van der Waals surface area contributed by atoms with Crippen molar-refractivity contribution in [3.63, 3.8) is 0 Å². The zero-order valence-electron chi connectivity index (χ0n) is 14.2. The standard InChI is InChI=1S/C16H25N7/c1-4-23-15(17-11-18-23)13(3)20-14-10-12(2)19-16(21-14)22-8-6-5-7-9-22/h10-11,13H,4-9H2,1-3H3,(H,19,20,21). The molecule has 1 unspecified atom stereocenters. The summed E-state index contributed by atoms with van der Waals surface area (Å²) in [6.07, 6.45) is 5.34. The molecule has 1 atom stereocenters. The van der Waals surface area contributed by atoms with Crippen molar-refractivity contribution in [2.24, 2.45) is 0 Å². The molecule has 0 saturated carbocycles. The Morgan fingerprint density at radius 1 is 1.22 bits per heavy atom. The Balaban J connectivity index is 1.78. The van der Waals surface area contributed by atoms with Gasteiger partial charge in [-0.05, 0) is 40.0 Å². The summed E-state index contributed by atoms with van der Waals surface area (Å²) in [4.78, 5) is 15.9. The molecule has 2 aromatic heterocycles. The van der Waals surface area contributed by atoms with Crippen LogP contribution in [0.4, 0.5) is 11.8 Å². The van der Waals surface area contributed by atoms with Gasteiger partial charge in [0.25, 0.3) is 0 Å². The van der Waals surface area contributed by atoms with E-state index in [1.807, 2.05) is 17.7 Å². The average molecular weight is 315 g/mol. The van der Waals surface area contributed by atoms with E-state index in [1.54, 1.807) is 6.33 Å². The molecule has 1 fully saturated rings. The SMILES string of the molecule is CCn1ncnc1C(C)Nc1cc(C)nc(N2CCCCC2)n1. The maximum atomic E-state index is 4.71. The van der Waals surface area contributed by atoms with Crippen LogP contribution in [0.1, 0.15) is 50.7 Å². The van der Waals surface area contributed by atoms with Crippen molar-refractivity contribution in [1.82, 2.24) is 24.7 Å². The molecule has 0 amide bonds. The Morgan fingerprint density at radius 3 is 2.74 bits per heavy atom. The van der Waals surface area contributed by atoms with E-state index < -0.39 is 0 Å². The first-order valence-electron chi connectivity index (χ1n) is 8.42. The highest BCUT2D eigenvalue weighted by atomic mass is 15.3. The minimum Gasteiger partial charge on any atom is -0.360 e. The zero-order valence-corrected chi connectivity index (χ0v) is 14.2. The maximum absolute atomic E-state index is 4.71. The Kier molecular flexibility index (Phi) is 4.73. The zero-order chi connectivity index (χ0) is 16.2. The second-order valence-corrected chi connectivity index (χ2v) is 6.04. The van der Waals surface area contributed by atoms with Crippen molar-refractivity contribution >= 4 is 11.8 Å². The fraction of sp³-hybridized carbons (Fsp3) is 0.625. The smallest absolute Gasteiger partial charge is 0.227 e. The Morgan fingerprint density at radius 2 is 2.00 bits per heavy atom. The first kappa shape index (κ1) is 15.7. The first-order valence-corrected chi connectivity index (χ1v) is 8.42. The van der Waals surface area contributed by atoms with Gasteiger partial charge in [-0.1, -0.05) is 0 Å². The van der Waals surface area contributed by atoms with E-state index in [4.69, 9.17) is 4.98 Å². The summed E-state index contributed by atoms with van der Waals surface area (Å²) in [5, 5.41) is 7.67. The highest BCUT2D eigenvalue weighted by Gasteiger charge is 2.17. The fourth-order valence-corrected chi connectivity index (χ4v) is 3.00. The second-order valence-electron chi connectivity index (χ2n) is 6.04. The first-order chi connectivity index (χ1) is 11.2. The van der Waals surface area contributed by atoms with Crippen LogP contribution in [0.15, 0.2) is 12.4 Å². The number of piperidine rings is 1. The Hall–Kier alpha value is -2.18. The largest absolute Gasteiger partial charge is 0.360 e. The number of aromatic nitrogens is 5. The summed E-state index contributed by atoms with van der Waals surface area (Å²) in [5.41, 5.74) is 0.979. The molecular weight excluding hydrogens is 290 g/mol. The molecule has 124 valence electrons. The van der Waals surface area contributed by atoms with E-state index >= 15 is 0 Å². The number of nitrogens with one attached hydrogen (secondary N) is 1. The molecule has 7 heteroatoms. The van der Waals surface area contributed by atoms with Crippen LogP contribution in [0.5, 0.6) is 0 Å². The van der Waals surface area contributed by atoms with Crippen molar-refractivity contribution in [1.29, 1.82) is 0 Å². The number of nitrogens with zero attached hydrogens (tertiary/aromatic N) is 6. The highest BCUT2D eigenvalue weighted by molar-refractivity contribution is 5.44. The van der Waals surface area contributed by atoms with Crippen molar-refractivity contribution in [2.75, 3.05) is 23.3 Å². The number of rotatable bonds is 5. The molecule has 7 nitrogen and oxygen atoms in total. The highest BCUT2D eigenvalue weighted by Crippen LogP contribution is 2.21. The van der Waals surface area contributed by atoms with Crippen LogP contribution in [-0.2, 0) is 6.54 Å². The van der Waals surface area contributed by atoms with Gasteiger partial charge in [-0.15, -0.1) is 0 Å². The summed E-state index contributed by atoms with van der Waals surface area (Å²) in [6.45, 7) is 9.05. The van der Waals surface area contributed by atoms with E-state index in [0.717, 1.165) is 42.9 Å². The molecule has 0 spiro atoms. The van der Waals surface area contributed by atoms with Crippen LogP contribution in [0.2, 0.25) is 0 Å². The van der Waals surface area contributed by atoms with E-state index in [9.17, 15) is 0 Å². The van der Waals surface area contributed by atoms with Crippen LogP contribution >= 0.6 is 0 Å². The van der Waals surface area contributed by atoms with E-state index in [-0.39, 0.29) is 6.04 Å². The minimum absolute atomic E-state index is 0.0426. The third-order valence-corrected chi connectivity index (χ3v) is 4.18. The van der Waals surface area contributed by atoms with Gasteiger partial charge in [0.15, 0.2) is 0 Å². The molecule has 0 aromatic carbocycles. The summed E-state index contributed by atoms with van der Waals surface area (Å²) in [7, 11) is 0. The van der Waals surface area contributed by atoms with Crippen LogP contribution in [0, 0.1) is 6.92 Å². The topological polar surface area (TPSA) is 71.8 Å². The van der Waals surface area contributed by atoms with E-state index in [0.29, 0.717) is 0 Å². The summed E-state index contributed by atoms with van der Waals surface area (Å²) >= 11 is 0. The lowest BCUT2D eigenvalue weighted by molar-refractivity contribution is 0.567. The molecule has 1 saturated heterocycles. The summed E-state index contributed by atoms with van der Waals surface area (Å²) < 4.78 is 1.90. The van der Waals surface area contributed by atoms with Gasteiger partial charge >= 0.3 is 0 Å². The minimum atomic E-state index is 0.0426. The van der Waals surface area contributed by atoms with Crippen molar-refractivity contribution in [2.45, 2.75) is 52.6 Å². The Labute approximate surface area is 137 Å². The third-order valence-electron chi connectivity index (χ3n) is 4.18. The van der Waals surface area contributed by atoms with Crippen LogP contribution in [-0.4, -0.2) is 37.8 Å². The quantitative estimate of drug-likeness (QED) is 0.914. The summed E-state index contributed by atoms with van der Waals surface area (Å²) in [6, 6.07) is 2.03. The van der Waals surface area contributed by atoms with Crippen LogP contribution in [0.3, 0.4) is 0 Å². The van der Waals surface area contributed by atoms with Gasteiger partial charge in [0.05, 0.1) is 6.04 Å². The van der Waals surface area contributed by atoms with Crippen molar-refractivity contribution in [3.05, 3.63) is 23.9 Å². The third kappa shape index (κ3) is 3.60. The Bertz CT molecular complexity index is 646. The average Bonchev–Trinajstić information content (AvgIpc) is 3.04. The molecular formula is C16H25N7. The van der Waals surface area contributed by atoms with Crippen molar-refractivity contribution < 1.29 is 0 Å². The molecule has 23 heavy (non-hydrogen) atoms. The van der Waals surface area contributed by atoms with E-state index in [2.05, 4.69) is 39.1 Å². The van der Waals surface area contributed by atoms with Gasteiger partial charge in [0, 0.05) is 31.4 Å². The molecule has 0 bridgehead atoms. The van der Waals surface area contributed by atoms with Crippen LogP contribution < -0.4 is 10.2 Å². The molecule has 1 aliphatic rings.